The molecule has 0 aliphatic heterocycles. The van der Waals surface area contributed by atoms with E-state index in [4.69, 9.17) is 0 Å². The summed E-state index contributed by atoms with van der Waals surface area (Å²) in [5.74, 6) is -0.161. The number of pyridine rings is 1. The van der Waals surface area contributed by atoms with Crippen molar-refractivity contribution in [3.05, 3.63) is 52.8 Å². The maximum absolute atomic E-state index is 10.7. The fourth-order valence-electron chi connectivity index (χ4n) is 2.68. The Labute approximate surface area is 146 Å². The zero-order valence-electron chi connectivity index (χ0n) is 14.5. The van der Waals surface area contributed by atoms with Crippen molar-refractivity contribution in [1.29, 1.82) is 0 Å². The van der Waals surface area contributed by atoms with Crippen molar-refractivity contribution in [3.8, 4) is 11.5 Å². The molecule has 0 bridgehead atoms. The van der Waals surface area contributed by atoms with E-state index in [-0.39, 0.29) is 17.5 Å². The fraction of sp³-hybridized carbons (Fsp3) is 0.312. The first-order valence-corrected chi connectivity index (χ1v) is 9.45. The van der Waals surface area contributed by atoms with Gasteiger partial charge in [-0.25, -0.2) is 0 Å². The van der Waals surface area contributed by atoms with Crippen LogP contribution in [-0.2, 0) is 0 Å². The molecule has 1 aromatic carbocycles. The number of aromatic hydroxyl groups is 2. The van der Waals surface area contributed by atoms with Crippen molar-refractivity contribution in [2.45, 2.75) is 33.7 Å². The quantitative estimate of drug-likeness (QED) is 0.267. The number of hydrogen-bond donors (Lipinski definition) is 2. The van der Waals surface area contributed by atoms with Gasteiger partial charge in [-0.05, 0) is 30.7 Å². The minimum absolute atomic E-state index is 0.0765. The number of aryl methyl sites for hydroxylation is 3. The molecule has 2 rings (SSSR count). The second-order valence-corrected chi connectivity index (χ2v) is 7.98. The van der Waals surface area contributed by atoms with Gasteiger partial charge in [-0.3, -0.25) is 0 Å². The molecule has 0 aliphatic carbocycles. The minimum atomic E-state index is -10.7. The van der Waals surface area contributed by atoms with E-state index in [1.807, 2.05) is 6.07 Å². The van der Waals surface area contributed by atoms with E-state index in [0.717, 1.165) is 5.56 Å². The number of halogens is 6. The normalized spacial score (nSPS) is 15.3. The van der Waals surface area contributed by atoms with Crippen LogP contribution in [0.4, 0.5) is 25.2 Å². The summed E-state index contributed by atoms with van der Waals surface area (Å²) in [4.78, 5) is 0. The van der Waals surface area contributed by atoms with Crippen LogP contribution in [0.15, 0.2) is 30.3 Å². The monoisotopic (exact) mass is 403 g/mol. The molecule has 0 radical (unpaired) electrons. The Kier molecular flexibility index (Phi) is 5.34. The van der Waals surface area contributed by atoms with Gasteiger partial charge in [-0.15, -0.1) is 0 Å². The van der Waals surface area contributed by atoms with Gasteiger partial charge in [0, 0.05) is 38.5 Å². The summed E-state index contributed by atoms with van der Waals surface area (Å²) in [7, 11) is -10.7. The third-order valence-electron chi connectivity index (χ3n) is 3.50. The molecule has 2 N–H and O–H groups in total. The maximum atomic E-state index is 9.87. The molecule has 148 valence electrons. The van der Waals surface area contributed by atoms with Crippen molar-refractivity contribution in [2.75, 3.05) is 0 Å². The molecule has 1 atom stereocenters. The predicted octanol–water partition coefficient (Wildman–Crippen LogP) is 6.30. The van der Waals surface area contributed by atoms with Crippen LogP contribution in [0.5, 0.6) is 11.5 Å². The topological polar surface area (TPSA) is 44.3 Å². The number of phenolic OH excluding ortho intramolecular Hbond substituents is 2. The third kappa shape index (κ3) is 7.91. The van der Waals surface area contributed by atoms with E-state index in [0.29, 0.717) is 0 Å². The van der Waals surface area contributed by atoms with Crippen LogP contribution < -0.4 is 4.57 Å². The van der Waals surface area contributed by atoms with Crippen molar-refractivity contribution in [1.82, 2.24) is 0 Å². The molecule has 0 saturated carbocycles. The molecule has 0 saturated heterocycles. The van der Waals surface area contributed by atoms with Gasteiger partial charge in [-0.1, -0.05) is 0 Å². The first kappa shape index (κ1) is 22.0. The zero-order chi connectivity index (χ0) is 20.6. The van der Waals surface area contributed by atoms with Gasteiger partial charge in [0.25, 0.3) is 0 Å². The molecule has 10 heteroatoms. The van der Waals surface area contributed by atoms with Gasteiger partial charge in [0.15, 0.2) is 28.9 Å². The number of hydrogen-bond acceptors (Lipinski definition) is 2. The molecule has 0 spiro atoms. The van der Waals surface area contributed by atoms with Crippen molar-refractivity contribution in [3.63, 3.8) is 0 Å². The van der Waals surface area contributed by atoms with Gasteiger partial charge in [0.1, 0.15) is 0 Å². The average molecular weight is 403 g/mol. The van der Waals surface area contributed by atoms with Crippen LogP contribution in [0, 0.1) is 20.8 Å². The zero-order valence-corrected chi connectivity index (χ0v) is 15.4. The molecule has 0 fully saturated rings. The molecule has 1 heterocycles. The fourth-order valence-corrected chi connectivity index (χ4v) is 2.68. The van der Waals surface area contributed by atoms with Crippen LogP contribution in [0.3, 0.4) is 0 Å². The van der Waals surface area contributed by atoms with Gasteiger partial charge < -0.3 is 10.2 Å². The predicted molar refractivity (Wildman–Crippen MR) is 88.0 cm³/mol. The molecule has 2 aromatic rings. The first-order valence-electron chi connectivity index (χ1n) is 7.43. The van der Waals surface area contributed by atoms with Gasteiger partial charge in [0.05, 0.1) is 0 Å². The molecule has 0 amide bonds. The Bertz CT molecular complexity index is 787. The number of benzene rings is 1. The van der Waals surface area contributed by atoms with E-state index < -0.39 is 7.81 Å². The number of rotatable bonds is 2. The Hall–Kier alpha value is -2.02. The summed E-state index contributed by atoms with van der Waals surface area (Å²) in [5.41, 5.74) is 4.57. The molecule has 3 nitrogen and oxygen atoms in total. The first-order chi connectivity index (χ1) is 11.3. The van der Waals surface area contributed by atoms with Crippen LogP contribution in [0.2, 0.25) is 0 Å². The van der Waals surface area contributed by atoms with E-state index in [1.165, 1.54) is 23.0 Å². The van der Waals surface area contributed by atoms with Crippen LogP contribution >= 0.6 is 7.81 Å². The Balaban J connectivity index is 0.000000412. The average Bonchev–Trinajstić information content (AvgIpc) is 2.37. The van der Waals surface area contributed by atoms with E-state index in [2.05, 4.69) is 44.4 Å². The number of nitrogens with zero attached hydrogens (tertiary/aromatic N) is 1. The Morgan fingerprint density at radius 1 is 0.808 bits per heavy atom. The van der Waals surface area contributed by atoms with Crippen molar-refractivity contribution in [2.24, 2.45) is 0 Å². The standard InChI is InChI=1S/C16H19NO2.F6P/c1-10-7-11(2)17(12(3)8-10)13(4)14-5-6-15(18)16(19)9-14;1-7(2,3,4,5)6/h5-9,13H,1-4H3,(H-,18,19);/q;-1/p+1. The second-order valence-electron chi connectivity index (χ2n) is 6.07. The Morgan fingerprint density at radius 2 is 1.23 bits per heavy atom. The molecule has 1 aromatic heterocycles. The van der Waals surface area contributed by atoms with Gasteiger partial charge in [0.2, 0.25) is 0 Å². The SMILES string of the molecule is Cc1cc(C)[n+](C(C)c2ccc(O)c(O)c2)c(C)c1.F[P-](F)(F)(F)(F)F. The summed E-state index contributed by atoms with van der Waals surface area (Å²) in [5, 5.41) is 19.0. The van der Waals surface area contributed by atoms with Crippen LogP contribution in [0.25, 0.3) is 0 Å². The van der Waals surface area contributed by atoms with Crippen LogP contribution in [-0.4, -0.2) is 10.2 Å². The Morgan fingerprint density at radius 3 is 1.62 bits per heavy atom. The molecular formula is C16H20F6NO2P. The summed E-state index contributed by atoms with van der Waals surface area (Å²) in [6.45, 7) is 8.33. The van der Waals surface area contributed by atoms with E-state index >= 15 is 0 Å². The number of phenols is 2. The van der Waals surface area contributed by atoms with Crippen LogP contribution in [0.1, 0.15) is 35.5 Å². The summed E-state index contributed by atoms with van der Waals surface area (Å²) < 4.78 is 61.4. The third-order valence-corrected chi connectivity index (χ3v) is 3.50. The molecular weight excluding hydrogens is 383 g/mol. The molecule has 0 aliphatic rings. The molecule has 26 heavy (non-hydrogen) atoms. The summed E-state index contributed by atoms with van der Waals surface area (Å²) in [6.07, 6.45) is 0. The van der Waals surface area contributed by atoms with Crippen molar-refractivity contribution >= 4 is 7.81 Å². The van der Waals surface area contributed by atoms with Crippen molar-refractivity contribution < 1.29 is 40.0 Å². The van der Waals surface area contributed by atoms with E-state index in [1.54, 1.807) is 6.07 Å². The number of aromatic nitrogens is 1. The molecule has 1 unspecified atom stereocenters. The van der Waals surface area contributed by atoms with E-state index in [9.17, 15) is 35.4 Å². The summed E-state index contributed by atoms with van der Waals surface area (Å²) >= 11 is 0. The summed E-state index contributed by atoms with van der Waals surface area (Å²) in [6, 6.07) is 9.37. The second kappa shape index (κ2) is 6.30. The van der Waals surface area contributed by atoms with Gasteiger partial charge >= 0.3 is 33.0 Å². The van der Waals surface area contributed by atoms with Gasteiger partial charge in [-0.2, -0.15) is 4.57 Å².